The molecule has 2 rings (SSSR count). The highest BCUT2D eigenvalue weighted by Crippen LogP contribution is 2.29. The van der Waals surface area contributed by atoms with Crippen molar-refractivity contribution in [3.8, 4) is 5.75 Å². The summed E-state index contributed by atoms with van der Waals surface area (Å²) in [6.07, 6.45) is 4.12. The van der Waals surface area contributed by atoms with Gasteiger partial charge in [0.25, 0.3) is 0 Å². The molecule has 0 saturated heterocycles. The number of benzene rings is 2. The molecule has 0 aromatic heterocycles. The lowest BCUT2D eigenvalue weighted by Crippen LogP contribution is -2.00. The van der Waals surface area contributed by atoms with Gasteiger partial charge >= 0.3 is 0 Å². The standard InChI is InChI=1S/C18H19FOS/c1-20-16-8-11-17(12-9-16)21-18(13-14-19)10-7-15-5-3-2-4-6-15/h2-6,8-9,11-14,18H,7,10H2,1H3/b14-13-/t18-/m1/s1. The maximum Gasteiger partial charge on any atom is 0.118 e. The quantitative estimate of drug-likeness (QED) is 0.644. The Balaban J connectivity index is 1.94. The number of aryl methyl sites for hydroxylation is 1. The van der Waals surface area contributed by atoms with Crippen molar-refractivity contribution in [1.29, 1.82) is 0 Å². The maximum atomic E-state index is 12.6. The summed E-state index contributed by atoms with van der Waals surface area (Å²) in [4.78, 5) is 1.12. The Morgan fingerprint density at radius 3 is 2.43 bits per heavy atom. The monoisotopic (exact) mass is 302 g/mol. The zero-order valence-electron chi connectivity index (χ0n) is 12.0. The molecule has 0 fully saturated rings. The Labute approximate surface area is 129 Å². The number of hydrogen-bond acceptors (Lipinski definition) is 2. The van der Waals surface area contributed by atoms with Crippen LogP contribution >= 0.6 is 11.8 Å². The first-order valence-electron chi connectivity index (χ1n) is 6.93. The van der Waals surface area contributed by atoms with E-state index in [0.717, 1.165) is 23.5 Å². The molecular weight excluding hydrogens is 283 g/mol. The van der Waals surface area contributed by atoms with Crippen molar-refractivity contribution in [2.45, 2.75) is 23.0 Å². The van der Waals surface area contributed by atoms with Crippen LogP contribution in [0.15, 0.2) is 71.9 Å². The highest BCUT2D eigenvalue weighted by atomic mass is 32.2. The third-order valence-corrected chi connectivity index (χ3v) is 4.43. The lowest BCUT2D eigenvalue weighted by Gasteiger charge is -2.12. The van der Waals surface area contributed by atoms with Crippen LogP contribution in [0, 0.1) is 0 Å². The van der Waals surface area contributed by atoms with Gasteiger partial charge < -0.3 is 4.74 Å². The molecule has 2 aromatic carbocycles. The predicted octanol–water partition coefficient (Wildman–Crippen LogP) is 5.27. The summed E-state index contributed by atoms with van der Waals surface area (Å²) in [5.41, 5.74) is 1.28. The Hall–Kier alpha value is -1.74. The molecule has 110 valence electrons. The average molecular weight is 302 g/mol. The summed E-state index contributed by atoms with van der Waals surface area (Å²) in [6, 6.07) is 18.1. The summed E-state index contributed by atoms with van der Waals surface area (Å²) in [5, 5.41) is 0.128. The van der Waals surface area contributed by atoms with Crippen molar-refractivity contribution in [2.75, 3.05) is 7.11 Å². The van der Waals surface area contributed by atoms with Crippen LogP contribution in [-0.2, 0) is 6.42 Å². The molecule has 0 heterocycles. The number of methoxy groups -OCH3 is 1. The van der Waals surface area contributed by atoms with Gasteiger partial charge in [-0.05, 0) is 48.7 Å². The van der Waals surface area contributed by atoms with Crippen LogP contribution < -0.4 is 4.74 Å². The van der Waals surface area contributed by atoms with E-state index in [2.05, 4.69) is 12.1 Å². The Morgan fingerprint density at radius 2 is 1.81 bits per heavy atom. The summed E-state index contributed by atoms with van der Waals surface area (Å²) in [6.45, 7) is 0. The topological polar surface area (TPSA) is 9.23 Å². The van der Waals surface area contributed by atoms with Gasteiger partial charge in [0.05, 0.1) is 13.4 Å². The maximum absolute atomic E-state index is 12.6. The minimum absolute atomic E-state index is 0.128. The number of rotatable bonds is 7. The van der Waals surface area contributed by atoms with Crippen molar-refractivity contribution in [2.24, 2.45) is 0 Å². The molecular formula is C18H19FOS. The average Bonchev–Trinajstić information content (AvgIpc) is 2.54. The molecule has 0 unspecified atom stereocenters. The van der Waals surface area contributed by atoms with E-state index in [1.54, 1.807) is 24.9 Å². The fourth-order valence-electron chi connectivity index (χ4n) is 2.06. The van der Waals surface area contributed by atoms with E-state index in [-0.39, 0.29) is 5.25 Å². The number of thioether (sulfide) groups is 1. The van der Waals surface area contributed by atoms with Crippen molar-refractivity contribution in [3.63, 3.8) is 0 Å². The Morgan fingerprint density at radius 1 is 1.10 bits per heavy atom. The summed E-state index contributed by atoms with van der Waals surface area (Å²) in [5.74, 6) is 0.834. The first kappa shape index (κ1) is 15.6. The smallest absolute Gasteiger partial charge is 0.118 e. The molecule has 0 aliphatic heterocycles. The zero-order chi connectivity index (χ0) is 14.9. The van der Waals surface area contributed by atoms with Crippen LogP contribution in [0.5, 0.6) is 5.75 Å². The second-order valence-electron chi connectivity index (χ2n) is 4.67. The second-order valence-corrected chi connectivity index (χ2v) is 5.99. The van der Waals surface area contributed by atoms with Gasteiger partial charge in [-0.2, -0.15) is 0 Å². The second kappa shape index (κ2) is 8.53. The van der Waals surface area contributed by atoms with Crippen molar-refractivity contribution >= 4 is 11.8 Å². The van der Waals surface area contributed by atoms with E-state index in [4.69, 9.17) is 4.74 Å². The number of hydrogen-bond donors (Lipinski definition) is 0. The highest BCUT2D eigenvalue weighted by molar-refractivity contribution is 8.00. The first-order valence-corrected chi connectivity index (χ1v) is 7.81. The van der Waals surface area contributed by atoms with E-state index < -0.39 is 0 Å². The predicted molar refractivity (Wildman–Crippen MR) is 87.7 cm³/mol. The summed E-state index contributed by atoms with van der Waals surface area (Å²) >= 11 is 1.67. The highest BCUT2D eigenvalue weighted by Gasteiger charge is 2.08. The van der Waals surface area contributed by atoms with Crippen LogP contribution in [0.25, 0.3) is 0 Å². The van der Waals surface area contributed by atoms with Crippen molar-refractivity contribution in [3.05, 3.63) is 72.6 Å². The molecule has 0 radical (unpaired) electrons. The molecule has 1 atom stereocenters. The van der Waals surface area contributed by atoms with E-state index in [1.165, 1.54) is 5.56 Å². The van der Waals surface area contributed by atoms with Crippen molar-refractivity contribution < 1.29 is 9.13 Å². The van der Waals surface area contributed by atoms with Crippen LogP contribution in [0.1, 0.15) is 12.0 Å². The molecule has 0 saturated carbocycles. The van der Waals surface area contributed by atoms with Crippen LogP contribution in [0.4, 0.5) is 4.39 Å². The molecule has 0 bridgehead atoms. The van der Waals surface area contributed by atoms with Crippen molar-refractivity contribution in [1.82, 2.24) is 0 Å². The molecule has 3 heteroatoms. The van der Waals surface area contributed by atoms with Crippen LogP contribution in [0.2, 0.25) is 0 Å². The molecule has 0 N–H and O–H groups in total. The SMILES string of the molecule is COc1ccc(S[C@@H](/C=C\F)CCc2ccccc2)cc1. The molecule has 0 aliphatic rings. The van der Waals surface area contributed by atoms with Gasteiger partial charge in [0.1, 0.15) is 5.75 Å². The van der Waals surface area contributed by atoms with Gasteiger partial charge in [-0.15, -0.1) is 11.8 Å². The summed E-state index contributed by atoms with van der Waals surface area (Å²) < 4.78 is 17.7. The van der Waals surface area contributed by atoms with Crippen LogP contribution in [-0.4, -0.2) is 12.4 Å². The third-order valence-electron chi connectivity index (χ3n) is 3.19. The lowest BCUT2D eigenvalue weighted by molar-refractivity contribution is 0.414. The number of ether oxygens (including phenoxy) is 1. The molecule has 0 amide bonds. The third kappa shape index (κ3) is 5.27. The molecule has 2 aromatic rings. The fourth-order valence-corrected chi connectivity index (χ4v) is 3.07. The van der Waals surface area contributed by atoms with E-state index in [9.17, 15) is 4.39 Å². The molecule has 0 spiro atoms. The van der Waals surface area contributed by atoms with Gasteiger partial charge in [0.15, 0.2) is 0 Å². The van der Waals surface area contributed by atoms with Gasteiger partial charge in [0.2, 0.25) is 0 Å². The first-order chi connectivity index (χ1) is 10.3. The largest absolute Gasteiger partial charge is 0.497 e. The fraction of sp³-hybridized carbons (Fsp3) is 0.222. The molecule has 1 nitrogen and oxygen atoms in total. The van der Waals surface area contributed by atoms with E-state index in [1.807, 2.05) is 42.5 Å². The Bertz CT molecular complexity index is 551. The van der Waals surface area contributed by atoms with Gasteiger partial charge in [0, 0.05) is 10.1 Å². The van der Waals surface area contributed by atoms with E-state index >= 15 is 0 Å². The number of halogens is 1. The van der Waals surface area contributed by atoms with E-state index in [0.29, 0.717) is 6.33 Å². The zero-order valence-corrected chi connectivity index (χ0v) is 12.9. The summed E-state index contributed by atoms with van der Waals surface area (Å²) in [7, 11) is 1.65. The van der Waals surface area contributed by atoms with Gasteiger partial charge in [-0.1, -0.05) is 30.3 Å². The van der Waals surface area contributed by atoms with Gasteiger partial charge in [-0.3, -0.25) is 0 Å². The minimum Gasteiger partial charge on any atom is -0.497 e. The normalized spacial score (nSPS) is 12.5. The van der Waals surface area contributed by atoms with Gasteiger partial charge in [-0.25, -0.2) is 4.39 Å². The lowest BCUT2D eigenvalue weighted by atomic mass is 10.1. The van der Waals surface area contributed by atoms with Crippen LogP contribution in [0.3, 0.4) is 0 Å². The molecule has 0 aliphatic carbocycles. The Kier molecular flexibility index (Phi) is 6.35. The minimum atomic E-state index is 0.128. The molecule has 21 heavy (non-hydrogen) atoms.